The number of fused-ring (bicyclic) bond motifs is 14. The summed E-state index contributed by atoms with van der Waals surface area (Å²) in [7, 11) is 0. The molecule has 0 saturated heterocycles. The first kappa shape index (κ1) is 36.2. The van der Waals surface area contributed by atoms with E-state index in [9.17, 15) is 5.26 Å². The summed E-state index contributed by atoms with van der Waals surface area (Å²) in [4.78, 5) is 8.50. The van der Waals surface area contributed by atoms with Gasteiger partial charge in [0.1, 0.15) is 0 Å². The Labute approximate surface area is 366 Å². The SMILES string of the molecule is [C-]#[N+]c1cccc(N(c2ccccc2)c2cc3c(c4ccccc24)-c2c(cc(N(c4ccccc4)c4cccc(C#N)c4)c4ccccc24)C32c3ccccc3-c3ccccc32)c1. The summed E-state index contributed by atoms with van der Waals surface area (Å²) < 4.78 is 0. The van der Waals surface area contributed by atoms with Gasteiger partial charge in [-0.1, -0.05) is 152 Å². The summed E-state index contributed by atoms with van der Waals surface area (Å²) in [5, 5.41) is 14.7. The molecule has 0 heterocycles. The summed E-state index contributed by atoms with van der Waals surface area (Å²) >= 11 is 0. The molecular formula is C59H36N4. The Bertz CT molecular complexity index is 3320. The molecule has 2 aliphatic rings. The average molecular weight is 801 g/mol. The maximum absolute atomic E-state index is 10.1. The van der Waals surface area contributed by atoms with Gasteiger partial charge in [0, 0.05) is 33.5 Å². The van der Waals surface area contributed by atoms with Gasteiger partial charge >= 0.3 is 0 Å². The van der Waals surface area contributed by atoms with Crippen LogP contribution in [0, 0.1) is 17.9 Å². The van der Waals surface area contributed by atoms with Crippen LogP contribution in [0.5, 0.6) is 0 Å². The average Bonchev–Trinajstić information content (AvgIpc) is 3.82. The molecule has 63 heavy (non-hydrogen) atoms. The Morgan fingerprint density at radius 3 is 1.33 bits per heavy atom. The highest BCUT2D eigenvalue weighted by Gasteiger charge is 2.53. The summed E-state index contributed by atoms with van der Waals surface area (Å²) in [6.45, 7) is 7.98. The molecule has 4 heteroatoms. The van der Waals surface area contributed by atoms with Crippen LogP contribution in [0.2, 0.25) is 0 Å². The van der Waals surface area contributed by atoms with E-state index in [4.69, 9.17) is 6.57 Å². The van der Waals surface area contributed by atoms with Crippen LogP contribution in [0.25, 0.3) is 48.6 Å². The van der Waals surface area contributed by atoms with Gasteiger partial charge in [-0.3, -0.25) is 0 Å². The molecule has 0 saturated carbocycles. The maximum atomic E-state index is 10.1. The summed E-state index contributed by atoms with van der Waals surface area (Å²) in [6, 6.07) is 79.7. The fraction of sp³-hybridized carbons (Fsp3) is 0.0169. The van der Waals surface area contributed by atoms with Gasteiger partial charge < -0.3 is 9.80 Å². The molecule has 0 aliphatic heterocycles. The Balaban J connectivity index is 1.27. The highest BCUT2D eigenvalue weighted by molar-refractivity contribution is 6.19. The molecule has 0 N–H and O–H groups in total. The van der Waals surface area contributed by atoms with Crippen LogP contribution in [-0.4, -0.2) is 0 Å². The predicted molar refractivity (Wildman–Crippen MR) is 258 cm³/mol. The Kier molecular flexibility index (Phi) is 8.16. The first-order valence-electron chi connectivity index (χ1n) is 21.2. The summed E-state index contributed by atoms with van der Waals surface area (Å²) in [5.41, 5.74) is 16.2. The van der Waals surface area contributed by atoms with Crippen LogP contribution in [0.3, 0.4) is 0 Å². The monoisotopic (exact) mass is 800 g/mol. The van der Waals surface area contributed by atoms with Gasteiger partial charge in [0.05, 0.1) is 35.0 Å². The Hall–Kier alpha value is -8.70. The molecule has 4 nitrogen and oxygen atoms in total. The third-order valence-corrected chi connectivity index (χ3v) is 13.0. The summed E-state index contributed by atoms with van der Waals surface area (Å²) in [6.07, 6.45) is 0. The van der Waals surface area contributed by atoms with Crippen molar-refractivity contribution in [3.63, 3.8) is 0 Å². The second-order valence-corrected chi connectivity index (χ2v) is 16.2. The highest BCUT2D eigenvalue weighted by Crippen LogP contribution is 2.67. The van der Waals surface area contributed by atoms with E-state index in [0.29, 0.717) is 11.3 Å². The maximum Gasteiger partial charge on any atom is 0.189 e. The van der Waals surface area contributed by atoms with Gasteiger partial charge in [0.2, 0.25) is 0 Å². The largest absolute Gasteiger partial charge is 0.311 e. The lowest BCUT2D eigenvalue weighted by Gasteiger charge is -2.34. The molecule has 2 aliphatic carbocycles. The van der Waals surface area contributed by atoms with E-state index < -0.39 is 5.41 Å². The van der Waals surface area contributed by atoms with Crippen molar-refractivity contribution in [2.75, 3.05) is 9.80 Å². The van der Waals surface area contributed by atoms with Crippen molar-refractivity contribution in [2.45, 2.75) is 5.41 Å². The van der Waals surface area contributed by atoms with E-state index >= 15 is 0 Å². The molecular weight excluding hydrogens is 765 g/mol. The van der Waals surface area contributed by atoms with Crippen LogP contribution in [-0.2, 0) is 5.41 Å². The van der Waals surface area contributed by atoms with Gasteiger partial charge in [-0.05, 0) is 122 Å². The Morgan fingerprint density at radius 1 is 0.397 bits per heavy atom. The molecule has 12 rings (SSSR count). The highest BCUT2D eigenvalue weighted by atomic mass is 15.2. The van der Waals surface area contributed by atoms with Crippen molar-refractivity contribution in [1.82, 2.24) is 0 Å². The van der Waals surface area contributed by atoms with Crippen LogP contribution in [0.15, 0.2) is 218 Å². The van der Waals surface area contributed by atoms with E-state index in [-0.39, 0.29) is 0 Å². The number of para-hydroxylation sites is 2. The zero-order valence-corrected chi connectivity index (χ0v) is 34.1. The van der Waals surface area contributed by atoms with E-state index in [2.05, 4.69) is 191 Å². The van der Waals surface area contributed by atoms with Crippen molar-refractivity contribution in [3.05, 3.63) is 258 Å². The number of nitrogens with zero attached hydrogens (tertiary/aromatic N) is 4. The standard InChI is InChI=1S/C59H36N4/c1-61-40-19-17-25-44(35-40)63(42-22-6-3-7-23-42)56-37-54-58(50-31-11-9-29-48(50)56)57-49-30-10-8-28-47(49)55(62(41-20-4-2-5-21-41)43-24-16-18-39(34-43)38-60)36-53(57)59(54)51-32-14-12-26-45(51)46-27-13-15-33-52(46)59/h2-37H. The fourth-order valence-electron chi connectivity index (χ4n) is 10.6. The van der Waals surface area contributed by atoms with Gasteiger partial charge in [-0.15, -0.1) is 0 Å². The third-order valence-electron chi connectivity index (χ3n) is 13.0. The number of anilines is 6. The molecule has 0 amide bonds. The fourth-order valence-corrected chi connectivity index (χ4v) is 10.6. The molecule has 10 aromatic rings. The number of hydrogen-bond acceptors (Lipinski definition) is 3. The van der Waals surface area contributed by atoms with Gasteiger partial charge in [0.25, 0.3) is 0 Å². The minimum absolute atomic E-state index is 0.587. The molecule has 0 bridgehead atoms. The van der Waals surface area contributed by atoms with Crippen LogP contribution >= 0.6 is 0 Å². The lowest BCUT2D eigenvalue weighted by molar-refractivity contribution is 0.795. The van der Waals surface area contributed by atoms with Crippen molar-refractivity contribution in [3.8, 4) is 28.3 Å². The second-order valence-electron chi connectivity index (χ2n) is 16.2. The minimum Gasteiger partial charge on any atom is -0.311 e. The predicted octanol–water partition coefficient (Wildman–Crippen LogP) is 15.7. The van der Waals surface area contributed by atoms with E-state index in [1.54, 1.807) is 0 Å². The number of benzene rings is 10. The molecule has 292 valence electrons. The normalized spacial score (nSPS) is 12.5. The first-order valence-corrected chi connectivity index (χ1v) is 21.2. The molecule has 1 spiro atoms. The van der Waals surface area contributed by atoms with Gasteiger partial charge in [-0.25, -0.2) is 4.85 Å². The first-order chi connectivity index (χ1) is 31.2. The number of nitriles is 1. The van der Waals surface area contributed by atoms with Crippen molar-refractivity contribution < 1.29 is 0 Å². The molecule has 0 fully saturated rings. The van der Waals surface area contributed by atoms with Crippen LogP contribution in [0.1, 0.15) is 27.8 Å². The minimum atomic E-state index is -0.715. The molecule has 0 atom stereocenters. The van der Waals surface area contributed by atoms with Crippen molar-refractivity contribution in [2.24, 2.45) is 0 Å². The topological polar surface area (TPSA) is 34.6 Å². The van der Waals surface area contributed by atoms with Crippen molar-refractivity contribution >= 4 is 61.4 Å². The van der Waals surface area contributed by atoms with E-state index in [1.165, 1.54) is 44.5 Å². The molecule has 0 radical (unpaired) electrons. The lowest BCUT2D eigenvalue weighted by Crippen LogP contribution is -2.26. The molecule has 0 aromatic heterocycles. The van der Waals surface area contributed by atoms with Crippen LogP contribution in [0.4, 0.5) is 39.8 Å². The number of rotatable bonds is 6. The van der Waals surface area contributed by atoms with E-state index in [1.807, 2.05) is 48.5 Å². The number of hydrogen-bond donors (Lipinski definition) is 0. The smallest absolute Gasteiger partial charge is 0.189 e. The van der Waals surface area contributed by atoms with Gasteiger partial charge in [-0.2, -0.15) is 5.26 Å². The summed E-state index contributed by atoms with van der Waals surface area (Å²) in [5.74, 6) is 0. The van der Waals surface area contributed by atoms with Gasteiger partial charge in [0.15, 0.2) is 5.69 Å². The molecule has 0 unspecified atom stereocenters. The second kappa shape index (κ2) is 14.2. The van der Waals surface area contributed by atoms with Crippen LogP contribution < -0.4 is 9.80 Å². The Morgan fingerprint density at radius 2 is 0.825 bits per heavy atom. The zero-order chi connectivity index (χ0) is 42.1. The third kappa shape index (κ3) is 5.26. The zero-order valence-electron chi connectivity index (χ0n) is 34.1. The lowest BCUT2D eigenvalue weighted by atomic mass is 9.70. The quantitative estimate of drug-likeness (QED) is 0.157. The van der Waals surface area contributed by atoms with Crippen molar-refractivity contribution in [1.29, 1.82) is 5.26 Å². The van der Waals surface area contributed by atoms with E-state index in [0.717, 1.165) is 55.7 Å². The molecule has 10 aromatic carbocycles.